The molecule has 3 nitrogen and oxygen atoms in total. The van der Waals surface area contributed by atoms with Gasteiger partial charge in [-0.25, -0.2) is 9.18 Å². The minimum atomic E-state index is -1.27. The Kier molecular flexibility index (Phi) is 4.29. The highest BCUT2D eigenvalue weighted by Crippen LogP contribution is 2.20. The molecule has 0 heterocycles. The van der Waals surface area contributed by atoms with Crippen LogP contribution in [0, 0.1) is 17.7 Å². The van der Waals surface area contributed by atoms with Crippen molar-refractivity contribution in [2.75, 3.05) is 13.6 Å². The summed E-state index contributed by atoms with van der Waals surface area (Å²) in [5.41, 5.74) is -0.177. The van der Waals surface area contributed by atoms with Crippen molar-refractivity contribution < 1.29 is 14.3 Å². The van der Waals surface area contributed by atoms with Crippen LogP contribution in [0.15, 0.2) is 12.1 Å². The third-order valence-electron chi connectivity index (χ3n) is 1.78. The Labute approximate surface area is 97.2 Å². The second-order valence-corrected chi connectivity index (χ2v) is 3.36. The molecule has 2 N–H and O–H groups in total. The first kappa shape index (κ1) is 12.5. The van der Waals surface area contributed by atoms with E-state index in [0.29, 0.717) is 6.54 Å². The highest BCUT2D eigenvalue weighted by atomic mass is 35.5. The molecule has 84 valence electrons. The van der Waals surface area contributed by atoms with E-state index in [4.69, 9.17) is 16.7 Å². The van der Waals surface area contributed by atoms with Crippen LogP contribution >= 0.6 is 11.6 Å². The summed E-state index contributed by atoms with van der Waals surface area (Å²) in [6.07, 6.45) is 0. The first-order chi connectivity index (χ1) is 7.56. The Morgan fingerprint density at radius 2 is 2.31 bits per heavy atom. The molecule has 0 saturated carbocycles. The van der Waals surface area contributed by atoms with Crippen LogP contribution in [0.5, 0.6) is 0 Å². The lowest BCUT2D eigenvalue weighted by atomic mass is 10.1. The van der Waals surface area contributed by atoms with E-state index in [1.54, 1.807) is 7.05 Å². The number of carboxylic acids is 1. The third kappa shape index (κ3) is 2.96. The minimum absolute atomic E-state index is 0.0253. The van der Waals surface area contributed by atoms with E-state index in [1.165, 1.54) is 6.07 Å². The molecule has 0 aliphatic rings. The molecule has 1 aromatic carbocycles. The van der Waals surface area contributed by atoms with Crippen molar-refractivity contribution in [2.24, 2.45) is 0 Å². The van der Waals surface area contributed by atoms with E-state index in [0.717, 1.165) is 6.07 Å². The zero-order valence-corrected chi connectivity index (χ0v) is 9.23. The summed E-state index contributed by atoms with van der Waals surface area (Å²) in [4.78, 5) is 10.6. The molecular formula is C11H9ClFNO2. The first-order valence-electron chi connectivity index (χ1n) is 4.42. The molecule has 1 rings (SSSR count). The van der Waals surface area contributed by atoms with Gasteiger partial charge in [-0.15, -0.1) is 0 Å². The number of carboxylic acid groups (broad SMARTS) is 1. The maximum absolute atomic E-state index is 13.4. The maximum Gasteiger partial charge on any atom is 0.337 e. The number of nitrogens with one attached hydrogen (secondary N) is 1. The lowest BCUT2D eigenvalue weighted by Gasteiger charge is -2.00. The van der Waals surface area contributed by atoms with Gasteiger partial charge in [-0.1, -0.05) is 23.4 Å². The molecule has 1 aromatic rings. The number of hydrogen-bond donors (Lipinski definition) is 2. The second kappa shape index (κ2) is 5.50. The van der Waals surface area contributed by atoms with Gasteiger partial charge in [0.15, 0.2) is 0 Å². The van der Waals surface area contributed by atoms with Crippen molar-refractivity contribution in [2.45, 2.75) is 0 Å². The predicted octanol–water partition coefficient (Wildman–Crippen LogP) is 1.75. The minimum Gasteiger partial charge on any atom is -0.478 e. The lowest BCUT2D eigenvalue weighted by Crippen LogP contribution is -2.04. The van der Waals surface area contributed by atoms with Crippen molar-refractivity contribution >= 4 is 17.6 Å². The highest BCUT2D eigenvalue weighted by Gasteiger charge is 2.12. The average Bonchev–Trinajstić information content (AvgIpc) is 2.22. The number of aromatic carboxylic acids is 1. The van der Waals surface area contributed by atoms with E-state index in [1.807, 2.05) is 0 Å². The fourth-order valence-electron chi connectivity index (χ4n) is 1.03. The van der Waals surface area contributed by atoms with E-state index in [2.05, 4.69) is 17.2 Å². The van der Waals surface area contributed by atoms with E-state index >= 15 is 0 Å². The fourth-order valence-corrected chi connectivity index (χ4v) is 1.28. The number of halogens is 2. The summed E-state index contributed by atoms with van der Waals surface area (Å²) in [7, 11) is 1.71. The molecule has 0 unspecified atom stereocenters. The number of benzene rings is 1. The van der Waals surface area contributed by atoms with Crippen LogP contribution in [-0.4, -0.2) is 24.7 Å². The summed E-state index contributed by atoms with van der Waals surface area (Å²) in [6, 6.07) is 2.08. The van der Waals surface area contributed by atoms with Crippen molar-refractivity contribution in [3.05, 3.63) is 34.1 Å². The van der Waals surface area contributed by atoms with Crippen molar-refractivity contribution in [1.82, 2.24) is 5.32 Å². The molecule has 0 spiro atoms. The zero-order chi connectivity index (χ0) is 12.1. The summed E-state index contributed by atoms with van der Waals surface area (Å²) in [5, 5.41) is 11.5. The normalized spacial score (nSPS) is 9.44. The van der Waals surface area contributed by atoms with Gasteiger partial charge in [0.05, 0.1) is 22.7 Å². The predicted molar refractivity (Wildman–Crippen MR) is 59.2 cm³/mol. The van der Waals surface area contributed by atoms with Crippen LogP contribution in [0.25, 0.3) is 0 Å². The quantitative estimate of drug-likeness (QED) is 0.776. The molecule has 16 heavy (non-hydrogen) atoms. The molecule has 0 aromatic heterocycles. The molecule has 0 aliphatic carbocycles. The van der Waals surface area contributed by atoms with Gasteiger partial charge in [-0.3, -0.25) is 0 Å². The number of rotatable bonds is 2. The molecule has 0 radical (unpaired) electrons. The largest absolute Gasteiger partial charge is 0.478 e. The smallest absolute Gasteiger partial charge is 0.337 e. The van der Waals surface area contributed by atoms with Crippen LogP contribution in [0.2, 0.25) is 5.02 Å². The summed E-state index contributed by atoms with van der Waals surface area (Å²) >= 11 is 5.68. The van der Waals surface area contributed by atoms with Crippen LogP contribution in [0.1, 0.15) is 15.9 Å². The molecule has 0 aliphatic heterocycles. The number of carbonyl (C=O) groups is 1. The van der Waals surface area contributed by atoms with E-state index in [9.17, 15) is 9.18 Å². The van der Waals surface area contributed by atoms with Crippen LogP contribution in [0.3, 0.4) is 0 Å². The van der Waals surface area contributed by atoms with Crippen LogP contribution < -0.4 is 5.32 Å². The van der Waals surface area contributed by atoms with Crippen molar-refractivity contribution in [3.63, 3.8) is 0 Å². The average molecular weight is 242 g/mol. The summed E-state index contributed by atoms with van der Waals surface area (Å²) in [5.74, 6) is 3.26. The molecule has 0 amide bonds. The molecule has 0 bridgehead atoms. The van der Waals surface area contributed by atoms with Crippen molar-refractivity contribution in [3.8, 4) is 11.8 Å². The Morgan fingerprint density at radius 3 is 2.88 bits per heavy atom. The van der Waals surface area contributed by atoms with Gasteiger partial charge < -0.3 is 10.4 Å². The fraction of sp³-hybridized carbons (Fsp3) is 0.182. The SMILES string of the molecule is CNCC#Cc1cc(Cl)c(C(=O)O)cc1F. The van der Waals surface area contributed by atoms with Gasteiger partial charge in [-0.05, 0) is 19.2 Å². The van der Waals surface area contributed by atoms with Gasteiger partial charge in [0.1, 0.15) is 5.82 Å². The zero-order valence-electron chi connectivity index (χ0n) is 8.47. The van der Waals surface area contributed by atoms with Gasteiger partial charge in [-0.2, -0.15) is 0 Å². The Hall–Kier alpha value is -1.57. The lowest BCUT2D eigenvalue weighted by molar-refractivity contribution is 0.0696. The van der Waals surface area contributed by atoms with Crippen molar-refractivity contribution in [1.29, 1.82) is 0 Å². The maximum atomic E-state index is 13.4. The molecule has 0 atom stereocenters. The van der Waals surface area contributed by atoms with Gasteiger partial charge >= 0.3 is 5.97 Å². The molecular weight excluding hydrogens is 233 g/mol. The van der Waals surface area contributed by atoms with Gasteiger partial charge in [0.25, 0.3) is 0 Å². The number of hydrogen-bond acceptors (Lipinski definition) is 2. The monoisotopic (exact) mass is 241 g/mol. The topological polar surface area (TPSA) is 49.3 Å². The van der Waals surface area contributed by atoms with Gasteiger partial charge in [0, 0.05) is 0 Å². The second-order valence-electron chi connectivity index (χ2n) is 2.95. The Morgan fingerprint density at radius 1 is 1.62 bits per heavy atom. The van der Waals surface area contributed by atoms with E-state index < -0.39 is 11.8 Å². The molecule has 0 fully saturated rings. The van der Waals surface area contributed by atoms with Crippen LogP contribution in [0.4, 0.5) is 4.39 Å². The standard InChI is InChI=1S/C11H9ClFNO2/c1-14-4-2-3-7-5-9(12)8(11(15)16)6-10(7)13/h5-6,14H,4H2,1H3,(H,15,16). The molecule has 0 saturated heterocycles. The van der Waals surface area contributed by atoms with Gasteiger partial charge in [0.2, 0.25) is 0 Å². The highest BCUT2D eigenvalue weighted by molar-refractivity contribution is 6.33. The third-order valence-corrected chi connectivity index (χ3v) is 2.09. The van der Waals surface area contributed by atoms with E-state index in [-0.39, 0.29) is 16.1 Å². The van der Waals surface area contributed by atoms with Crippen LogP contribution in [-0.2, 0) is 0 Å². The Bertz CT molecular complexity index is 477. The summed E-state index contributed by atoms with van der Waals surface area (Å²) in [6.45, 7) is 0.414. The Balaban J connectivity index is 3.12. The first-order valence-corrected chi connectivity index (χ1v) is 4.80. The molecule has 5 heteroatoms. The summed E-state index contributed by atoms with van der Waals surface area (Å²) < 4.78 is 13.4.